The van der Waals surface area contributed by atoms with Gasteiger partial charge in [0.05, 0.1) is 12.2 Å². The molecule has 6 heteroatoms. The molecule has 0 saturated heterocycles. The van der Waals surface area contributed by atoms with Crippen LogP contribution in [0.15, 0.2) is 36.4 Å². The van der Waals surface area contributed by atoms with Crippen molar-refractivity contribution in [1.82, 2.24) is 14.9 Å². The number of aromatic nitrogens is 2. The van der Waals surface area contributed by atoms with E-state index in [0.29, 0.717) is 49.9 Å². The van der Waals surface area contributed by atoms with Crippen LogP contribution in [0.4, 0.5) is 0 Å². The normalized spacial score (nSPS) is 15.1. The zero-order chi connectivity index (χ0) is 29.2. The van der Waals surface area contributed by atoms with Gasteiger partial charge in [0.15, 0.2) is 0 Å². The third kappa shape index (κ3) is 11.9. The molecule has 5 atom stereocenters. The van der Waals surface area contributed by atoms with Crippen LogP contribution in [0.3, 0.4) is 0 Å². The molecule has 220 valence electrons. The number of pyridine rings is 2. The van der Waals surface area contributed by atoms with Crippen LogP contribution in [0.25, 0.3) is 0 Å². The minimum absolute atomic E-state index is 0.0745. The van der Waals surface area contributed by atoms with Crippen LogP contribution in [0.2, 0.25) is 0 Å². The Morgan fingerprint density at radius 3 is 1.74 bits per heavy atom. The Morgan fingerprint density at radius 1 is 0.769 bits per heavy atom. The summed E-state index contributed by atoms with van der Waals surface area (Å²) >= 11 is 0. The smallest absolute Gasteiger partial charge is 0.134 e. The largest absolute Gasteiger partial charge is 0.330 e. The number of hydrogen-bond donors (Lipinski definition) is 2. The predicted octanol–water partition coefficient (Wildman–Crippen LogP) is 6.97. The molecule has 0 spiro atoms. The van der Waals surface area contributed by atoms with E-state index in [-0.39, 0.29) is 6.04 Å². The maximum atomic E-state index is 10.9. The number of aldehydes is 1. The molecule has 39 heavy (non-hydrogen) atoms. The summed E-state index contributed by atoms with van der Waals surface area (Å²) < 4.78 is 0. The molecule has 0 fully saturated rings. The first-order valence-corrected chi connectivity index (χ1v) is 15.3. The van der Waals surface area contributed by atoms with Gasteiger partial charge in [-0.3, -0.25) is 14.9 Å². The van der Waals surface area contributed by atoms with E-state index in [4.69, 9.17) is 21.4 Å². The fraction of sp³-hybridized carbons (Fsp3) is 0.667. The second kappa shape index (κ2) is 19.8. The molecule has 6 nitrogen and oxygen atoms in total. The standard InChI is InChI=1S/C18H32N4O.C15H25N/c1-4-16(8-9-19)14(2)17-6-5-7-18(21-17)15(3)22(11-10-20)12-13-23;1-5-8-12(3)14-10-7-11-15(16-14)13(4)9-6-2/h5-7,13-16H,4,8-12,19-20H2,1-3H3;7,10-13H,5-6,8-9H2,1-4H3. The van der Waals surface area contributed by atoms with Crippen LogP contribution in [-0.2, 0) is 4.79 Å². The highest BCUT2D eigenvalue weighted by atomic mass is 16.1. The summed E-state index contributed by atoms with van der Waals surface area (Å²) in [6.07, 6.45) is 7.98. The summed E-state index contributed by atoms with van der Waals surface area (Å²) in [4.78, 5) is 22.6. The van der Waals surface area contributed by atoms with E-state index in [1.54, 1.807) is 0 Å². The first-order valence-electron chi connectivity index (χ1n) is 15.3. The molecule has 0 saturated carbocycles. The monoisotopic (exact) mass is 539 g/mol. The zero-order valence-corrected chi connectivity index (χ0v) is 25.9. The van der Waals surface area contributed by atoms with Gasteiger partial charge in [0.25, 0.3) is 0 Å². The van der Waals surface area contributed by atoms with Crippen LogP contribution >= 0.6 is 0 Å². The highest BCUT2D eigenvalue weighted by Crippen LogP contribution is 2.29. The van der Waals surface area contributed by atoms with Gasteiger partial charge in [-0.1, -0.05) is 72.9 Å². The zero-order valence-electron chi connectivity index (χ0n) is 25.9. The molecule has 0 radical (unpaired) electrons. The Labute approximate surface area is 239 Å². The Bertz CT molecular complexity index is 893. The third-order valence-corrected chi connectivity index (χ3v) is 7.97. The third-order valence-electron chi connectivity index (χ3n) is 7.97. The lowest BCUT2D eigenvalue weighted by atomic mass is 9.86. The lowest BCUT2D eigenvalue weighted by Gasteiger charge is -2.27. The number of nitrogens with zero attached hydrogens (tertiary/aromatic N) is 3. The fourth-order valence-corrected chi connectivity index (χ4v) is 5.29. The minimum atomic E-state index is 0.0745. The summed E-state index contributed by atoms with van der Waals surface area (Å²) in [7, 11) is 0. The minimum Gasteiger partial charge on any atom is -0.330 e. The highest BCUT2D eigenvalue weighted by molar-refractivity contribution is 5.52. The van der Waals surface area contributed by atoms with Crippen molar-refractivity contribution in [3.8, 4) is 0 Å². The molecule has 2 heterocycles. The quantitative estimate of drug-likeness (QED) is 0.211. The van der Waals surface area contributed by atoms with Crippen molar-refractivity contribution >= 4 is 6.29 Å². The maximum absolute atomic E-state index is 10.9. The van der Waals surface area contributed by atoms with E-state index in [9.17, 15) is 4.79 Å². The maximum Gasteiger partial charge on any atom is 0.134 e. The average molecular weight is 540 g/mol. The Balaban J connectivity index is 0.000000416. The molecule has 0 bridgehead atoms. The first kappa shape index (κ1) is 34.9. The molecule has 0 aromatic carbocycles. The summed E-state index contributed by atoms with van der Waals surface area (Å²) in [5.41, 5.74) is 16.0. The Kier molecular flexibility index (Phi) is 17.7. The number of carbonyl (C=O) groups is 1. The second-order valence-electron chi connectivity index (χ2n) is 11.0. The molecule has 2 aromatic heterocycles. The summed E-state index contributed by atoms with van der Waals surface area (Å²) in [6.45, 7) is 17.8. The number of rotatable bonds is 17. The van der Waals surface area contributed by atoms with Crippen molar-refractivity contribution in [3.05, 3.63) is 59.2 Å². The van der Waals surface area contributed by atoms with Crippen LogP contribution in [0.1, 0.15) is 134 Å². The van der Waals surface area contributed by atoms with Crippen molar-refractivity contribution in [1.29, 1.82) is 0 Å². The van der Waals surface area contributed by atoms with Crippen molar-refractivity contribution in [3.63, 3.8) is 0 Å². The SMILES string of the molecule is CCC(CCN)C(C)c1cccc(C(C)N(CC=O)CCN)n1.CCCC(C)c1cccc(C(C)CCC)n1. The van der Waals surface area contributed by atoms with Gasteiger partial charge in [-0.05, 0) is 74.8 Å². The van der Waals surface area contributed by atoms with Crippen molar-refractivity contribution < 1.29 is 4.79 Å². The fourth-order valence-electron chi connectivity index (χ4n) is 5.29. The van der Waals surface area contributed by atoms with E-state index in [1.807, 2.05) is 6.07 Å². The molecule has 0 aliphatic heterocycles. The number of hydrogen-bond acceptors (Lipinski definition) is 6. The van der Waals surface area contributed by atoms with Crippen molar-refractivity contribution in [2.75, 3.05) is 26.2 Å². The Hall–Kier alpha value is -2.15. The molecule has 2 rings (SSSR count). The molecular weight excluding hydrogens is 482 g/mol. The van der Waals surface area contributed by atoms with Crippen LogP contribution < -0.4 is 11.5 Å². The Morgan fingerprint density at radius 2 is 1.28 bits per heavy atom. The van der Waals surface area contributed by atoms with Gasteiger partial charge in [0.1, 0.15) is 6.29 Å². The molecule has 2 aromatic rings. The molecule has 5 unspecified atom stereocenters. The van der Waals surface area contributed by atoms with E-state index in [1.165, 1.54) is 37.1 Å². The highest BCUT2D eigenvalue weighted by Gasteiger charge is 2.21. The van der Waals surface area contributed by atoms with E-state index in [0.717, 1.165) is 30.5 Å². The summed E-state index contributed by atoms with van der Waals surface area (Å²) in [6, 6.07) is 12.7. The van der Waals surface area contributed by atoms with Crippen molar-refractivity contribution in [2.24, 2.45) is 17.4 Å². The van der Waals surface area contributed by atoms with Gasteiger partial charge in [-0.15, -0.1) is 0 Å². The molecular formula is C33H57N5O. The second-order valence-corrected chi connectivity index (χ2v) is 11.0. The van der Waals surface area contributed by atoms with Crippen LogP contribution in [0, 0.1) is 5.92 Å². The first-order chi connectivity index (χ1) is 18.8. The summed E-state index contributed by atoms with van der Waals surface area (Å²) in [5.74, 6) is 2.12. The average Bonchev–Trinajstić information content (AvgIpc) is 2.95. The number of nitrogens with two attached hydrogens (primary N) is 2. The lowest BCUT2D eigenvalue weighted by Crippen LogP contribution is -2.34. The van der Waals surface area contributed by atoms with Gasteiger partial charge in [-0.25, -0.2) is 0 Å². The van der Waals surface area contributed by atoms with E-state index in [2.05, 4.69) is 83.7 Å². The van der Waals surface area contributed by atoms with Crippen molar-refractivity contribution in [2.45, 2.75) is 111 Å². The topological polar surface area (TPSA) is 98.1 Å². The molecule has 0 aliphatic carbocycles. The predicted molar refractivity (Wildman–Crippen MR) is 166 cm³/mol. The molecule has 0 amide bonds. The van der Waals surface area contributed by atoms with Crippen LogP contribution in [0.5, 0.6) is 0 Å². The molecule has 4 N–H and O–H groups in total. The summed E-state index contributed by atoms with van der Waals surface area (Å²) in [5, 5.41) is 0. The van der Waals surface area contributed by atoms with Gasteiger partial charge in [-0.2, -0.15) is 0 Å². The lowest BCUT2D eigenvalue weighted by molar-refractivity contribution is -0.109. The molecule has 0 aliphatic rings. The van der Waals surface area contributed by atoms with E-state index < -0.39 is 0 Å². The van der Waals surface area contributed by atoms with Gasteiger partial charge >= 0.3 is 0 Å². The van der Waals surface area contributed by atoms with Gasteiger partial charge < -0.3 is 16.3 Å². The van der Waals surface area contributed by atoms with Crippen LogP contribution in [-0.4, -0.2) is 47.3 Å². The van der Waals surface area contributed by atoms with Gasteiger partial charge in [0.2, 0.25) is 0 Å². The number of carbonyl (C=O) groups excluding carboxylic acids is 1. The van der Waals surface area contributed by atoms with Gasteiger partial charge in [0, 0.05) is 42.1 Å². The van der Waals surface area contributed by atoms with E-state index >= 15 is 0 Å².